The van der Waals surface area contributed by atoms with Crippen molar-refractivity contribution in [3.8, 4) is 6.07 Å². The van der Waals surface area contributed by atoms with Crippen LogP contribution in [0, 0.1) is 24.2 Å². The first-order valence-electron chi connectivity index (χ1n) is 9.47. The van der Waals surface area contributed by atoms with E-state index in [-0.39, 0.29) is 22.6 Å². The number of nitrogens with zero attached hydrogens (tertiary/aromatic N) is 3. The fraction of sp³-hybridized carbons (Fsp3) is 0.273. The topological polar surface area (TPSA) is 92.4 Å². The van der Waals surface area contributed by atoms with E-state index >= 15 is 0 Å². The normalized spacial score (nSPS) is 18.2. The van der Waals surface area contributed by atoms with Crippen molar-refractivity contribution < 1.29 is 18.0 Å². The summed E-state index contributed by atoms with van der Waals surface area (Å²) in [4.78, 5) is 17.6. The summed E-state index contributed by atoms with van der Waals surface area (Å²) in [6.45, 7) is 1.89. The molecule has 154 valence electrons. The molecule has 0 radical (unpaired) electrons. The Bertz CT molecular complexity index is 1290. The molecule has 0 bridgehead atoms. The molecule has 0 N–H and O–H groups in total. The first-order chi connectivity index (χ1) is 14.3. The zero-order chi connectivity index (χ0) is 21.6. The molecule has 0 spiro atoms. The number of hydroxylamine groups is 2. The van der Waals surface area contributed by atoms with Crippen molar-refractivity contribution in [2.45, 2.75) is 24.2 Å². The minimum Gasteiger partial charge on any atom is -0.275 e. The maximum absolute atomic E-state index is 13.3. The quantitative estimate of drug-likeness (QED) is 0.588. The predicted octanol–water partition coefficient (Wildman–Crippen LogP) is 3.18. The van der Waals surface area contributed by atoms with Crippen LogP contribution in [0.3, 0.4) is 0 Å². The average Bonchev–Trinajstić information content (AvgIpc) is 3.45. The van der Waals surface area contributed by atoms with Gasteiger partial charge in [0.15, 0.2) is 0 Å². The second-order valence-corrected chi connectivity index (χ2v) is 9.32. The maximum atomic E-state index is 13.3. The fourth-order valence-corrected chi connectivity index (χ4v) is 5.13. The summed E-state index contributed by atoms with van der Waals surface area (Å²) in [6.07, 6.45) is 2.19. The molecule has 1 aromatic heterocycles. The molecule has 1 aliphatic carbocycles. The highest BCUT2D eigenvalue weighted by atomic mass is 32.2. The van der Waals surface area contributed by atoms with Gasteiger partial charge in [-0.1, -0.05) is 17.7 Å². The molecule has 0 saturated heterocycles. The molecule has 4 rings (SSSR count). The molecule has 1 heterocycles. The lowest BCUT2D eigenvalue weighted by atomic mass is 10.1. The molecule has 30 heavy (non-hydrogen) atoms. The molecule has 0 aliphatic heterocycles. The molecular weight excluding hydrogens is 402 g/mol. The highest BCUT2D eigenvalue weighted by Crippen LogP contribution is 2.51. The molecule has 1 fully saturated rings. The minimum absolute atomic E-state index is 0.124. The molecule has 8 heteroatoms. The average molecular weight is 423 g/mol. The summed E-state index contributed by atoms with van der Waals surface area (Å²) in [6, 6.07) is 13.7. The lowest BCUT2D eigenvalue weighted by Crippen LogP contribution is -2.27. The van der Waals surface area contributed by atoms with Crippen LogP contribution in [0.25, 0.3) is 10.9 Å². The number of aromatic nitrogens is 1. The van der Waals surface area contributed by atoms with Gasteiger partial charge in [-0.3, -0.25) is 9.63 Å². The Balaban J connectivity index is 1.84. The Morgan fingerprint density at radius 1 is 1.23 bits per heavy atom. The Morgan fingerprint density at radius 2 is 1.93 bits per heavy atom. The lowest BCUT2D eigenvalue weighted by molar-refractivity contribution is -0.170. The van der Waals surface area contributed by atoms with Crippen molar-refractivity contribution >= 4 is 26.8 Å². The standard InChI is InChI=1S/C22H21N3O4S/c1-14-4-7-16(8-5-14)30(27,28)25-13-20(17-11-19(17)22(26)24(2)29-3)18-10-15(12-23)6-9-21(18)25/h4-10,13,17,19H,11H2,1-3H3/t17-,19-/m1/s1. The highest BCUT2D eigenvalue weighted by Gasteiger charge is 2.47. The van der Waals surface area contributed by atoms with Gasteiger partial charge in [0.05, 0.1) is 29.2 Å². The Kier molecular flexibility index (Phi) is 4.88. The van der Waals surface area contributed by atoms with Crippen LogP contribution in [0.1, 0.15) is 29.0 Å². The van der Waals surface area contributed by atoms with E-state index < -0.39 is 10.0 Å². The van der Waals surface area contributed by atoms with Crippen molar-refractivity contribution in [2.75, 3.05) is 14.2 Å². The van der Waals surface area contributed by atoms with Gasteiger partial charge < -0.3 is 0 Å². The van der Waals surface area contributed by atoms with Crippen molar-refractivity contribution in [1.29, 1.82) is 5.26 Å². The lowest BCUT2D eigenvalue weighted by Gasteiger charge is -2.13. The highest BCUT2D eigenvalue weighted by molar-refractivity contribution is 7.90. The Hall–Kier alpha value is -3.15. The molecule has 1 aliphatic rings. The third-order valence-electron chi connectivity index (χ3n) is 5.60. The third kappa shape index (κ3) is 3.26. The monoisotopic (exact) mass is 423 g/mol. The summed E-state index contributed by atoms with van der Waals surface area (Å²) in [5.74, 6) is -0.552. The van der Waals surface area contributed by atoms with Gasteiger partial charge in [-0.15, -0.1) is 0 Å². The van der Waals surface area contributed by atoms with E-state index in [9.17, 15) is 18.5 Å². The van der Waals surface area contributed by atoms with Crippen LogP contribution in [0.4, 0.5) is 0 Å². The van der Waals surface area contributed by atoms with Gasteiger partial charge in [-0.05, 0) is 55.2 Å². The van der Waals surface area contributed by atoms with E-state index in [2.05, 4.69) is 6.07 Å². The molecule has 2 aromatic carbocycles. The fourth-order valence-electron chi connectivity index (χ4n) is 3.75. The van der Waals surface area contributed by atoms with Crippen LogP contribution in [-0.2, 0) is 19.7 Å². The number of hydrogen-bond donors (Lipinski definition) is 0. The molecule has 3 aromatic rings. The van der Waals surface area contributed by atoms with E-state index in [1.807, 2.05) is 6.92 Å². The van der Waals surface area contributed by atoms with Crippen LogP contribution in [0.2, 0.25) is 0 Å². The Morgan fingerprint density at radius 3 is 2.57 bits per heavy atom. The maximum Gasteiger partial charge on any atom is 0.268 e. The Labute approximate surface area is 175 Å². The summed E-state index contributed by atoms with van der Waals surface area (Å²) >= 11 is 0. The molecule has 0 unspecified atom stereocenters. The van der Waals surface area contributed by atoms with Crippen LogP contribution in [-0.4, -0.2) is 37.5 Å². The smallest absolute Gasteiger partial charge is 0.268 e. The van der Waals surface area contributed by atoms with Gasteiger partial charge in [-0.2, -0.15) is 5.26 Å². The molecular formula is C22H21N3O4S. The molecule has 1 saturated carbocycles. The van der Waals surface area contributed by atoms with Crippen LogP contribution >= 0.6 is 0 Å². The van der Waals surface area contributed by atoms with Crippen molar-refractivity contribution in [3.63, 3.8) is 0 Å². The molecule has 2 atom stereocenters. The SMILES string of the molecule is CON(C)C(=O)[C@@H]1C[C@H]1c1cn(S(=O)(=O)c2ccc(C)cc2)c2ccc(C#N)cc12. The van der Waals surface area contributed by atoms with Gasteiger partial charge >= 0.3 is 0 Å². The van der Waals surface area contributed by atoms with Crippen molar-refractivity contribution in [3.05, 3.63) is 65.4 Å². The first-order valence-corrected chi connectivity index (χ1v) is 10.9. The van der Waals surface area contributed by atoms with E-state index in [0.29, 0.717) is 22.9 Å². The van der Waals surface area contributed by atoms with Gasteiger partial charge in [-0.25, -0.2) is 17.5 Å². The summed E-state index contributed by atoms with van der Waals surface area (Å²) in [5, 5.41) is 11.2. The number of rotatable bonds is 5. The van der Waals surface area contributed by atoms with Crippen LogP contribution in [0.15, 0.2) is 53.6 Å². The van der Waals surface area contributed by atoms with E-state index in [1.165, 1.54) is 16.1 Å². The number of carbonyl (C=O) groups excluding carboxylic acids is 1. The minimum atomic E-state index is -3.83. The van der Waals surface area contributed by atoms with Gasteiger partial charge in [0, 0.05) is 24.5 Å². The van der Waals surface area contributed by atoms with E-state index in [0.717, 1.165) is 11.1 Å². The second kappa shape index (κ2) is 7.27. The number of hydrogen-bond acceptors (Lipinski definition) is 5. The summed E-state index contributed by atoms with van der Waals surface area (Å²) in [5.41, 5.74) is 2.64. The van der Waals surface area contributed by atoms with Crippen LogP contribution < -0.4 is 0 Å². The zero-order valence-electron chi connectivity index (χ0n) is 16.9. The van der Waals surface area contributed by atoms with Gasteiger partial charge in [0.2, 0.25) is 5.91 Å². The van der Waals surface area contributed by atoms with Gasteiger partial charge in [0.1, 0.15) is 0 Å². The number of fused-ring (bicyclic) bond motifs is 1. The largest absolute Gasteiger partial charge is 0.275 e. The molecule has 7 nitrogen and oxygen atoms in total. The molecule has 1 amide bonds. The summed E-state index contributed by atoms with van der Waals surface area (Å²) in [7, 11) is -0.855. The van der Waals surface area contributed by atoms with Crippen molar-refractivity contribution in [2.24, 2.45) is 5.92 Å². The number of nitriles is 1. The number of benzene rings is 2. The van der Waals surface area contributed by atoms with E-state index in [1.54, 1.807) is 55.7 Å². The van der Waals surface area contributed by atoms with E-state index in [4.69, 9.17) is 4.84 Å². The number of aryl methyl sites for hydroxylation is 1. The van der Waals surface area contributed by atoms with Crippen molar-refractivity contribution in [1.82, 2.24) is 9.04 Å². The number of carbonyl (C=O) groups is 1. The van der Waals surface area contributed by atoms with Crippen LogP contribution in [0.5, 0.6) is 0 Å². The second-order valence-electron chi connectivity index (χ2n) is 7.51. The first kappa shape index (κ1) is 20.1. The predicted molar refractivity (Wildman–Crippen MR) is 111 cm³/mol. The number of amides is 1. The zero-order valence-corrected chi connectivity index (χ0v) is 17.7. The van der Waals surface area contributed by atoms with Gasteiger partial charge in [0.25, 0.3) is 10.0 Å². The summed E-state index contributed by atoms with van der Waals surface area (Å²) < 4.78 is 27.9. The third-order valence-corrected chi connectivity index (χ3v) is 7.29.